The number of ether oxygens (including phenoxy) is 3. The molecule has 17 nitrogen and oxygen atoms in total. The molecule has 4 aliphatic carbocycles. The van der Waals surface area contributed by atoms with Crippen LogP contribution in [0.5, 0.6) is 5.75 Å². The van der Waals surface area contributed by atoms with Crippen LogP contribution in [0.15, 0.2) is 102 Å². The molecule has 6 aliphatic rings. The van der Waals surface area contributed by atoms with Crippen LogP contribution in [0.1, 0.15) is 90.7 Å². The molecule has 5 fully saturated rings. The van der Waals surface area contributed by atoms with E-state index in [1.165, 1.54) is 16.6 Å². The lowest BCUT2D eigenvalue weighted by Crippen LogP contribution is -2.62. The van der Waals surface area contributed by atoms with E-state index in [-0.39, 0.29) is 53.3 Å². The SMILES string of the molecule is CCC(C)n1ncn(-c2ccc(N3CCN(c4ccc(OCC5COC(Cn6cncn6)(c6ccc(Cl)cc6Cl)O5)cc4)CC3)cc2)c1=O.C[C@]12CCC(=O)C=C1CC[C@@H]1[C@@H]2[C@@H](O)C[C@@]2(C)[C@H]1CC[C@]2(O)C(=O)CO. The maximum atomic E-state index is 12.8. The second-order valence-electron chi connectivity index (χ2n) is 21.9. The van der Waals surface area contributed by atoms with Crippen LogP contribution in [0, 0.1) is 28.6 Å². The second-order valence-corrected chi connectivity index (χ2v) is 22.7. The number of Topliss-reactive ketones (excluding diaryl/α,β-unsaturated/α-hetero) is 1. The predicted molar refractivity (Wildman–Crippen MR) is 283 cm³/mol. The fourth-order valence-corrected chi connectivity index (χ4v) is 14.1. The number of piperazine rings is 1. The summed E-state index contributed by atoms with van der Waals surface area (Å²) >= 11 is 12.7. The van der Waals surface area contributed by atoms with Crippen LogP contribution in [-0.2, 0) is 31.4 Å². The third-order valence-corrected chi connectivity index (χ3v) is 18.4. The lowest BCUT2D eigenvalue weighted by Gasteiger charge is -2.60. The van der Waals surface area contributed by atoms with Crippen LogP contribution in [-0.4, -0.2) is 120 Å². The van der Waals surface area contributed by atoms with Gasteiger partial charge in [0.05, 0.1) is 29.5 Å². The van der Waals surface area contributed by atoms with E-state index in [0.29, 0.717) is 48.1 Å². The molecule has 2 saturated heterocycles. The van der Waals surface area contributed by atoms with Gasteiger partial charge in [0.2, 0.25) is 5.79 Å². The largest absolute Gasteiger partial charge is 0.491 e. The zero-order valence-electron chi connectivity index (χ0n) is 43.1. The van der Waals surface area contributed by atoms with Crippen molar-refractivity contribution in [2.24, 2.45) is 28.6 Å². The highest BCUT2D eigenvalue weighted by Gasteiger charge is 2.68. The number of aromatic nitrogens is 6. The molecule has 3 saturated carbocycles. The molecule has 5 aromatic rings. The Labute approximate surface area is 447 Å². The molecule has 11 rings (SSSR count). The van der Waals surface area contributed by atoms with Gasteiger partial charge in [0.25, 0.3) is 0 Å². The normalized spacial score (nSPS) is 30.7. The Hall–Kier alpha value is -5.40. The maximum Gasteiger partial charge on any atom is 0.350 e. The third kappa shape index (κ3) is 9.87. The summed E-state index contributed by atoms with van der Waals surface area (Å²) in [5.74, 6) is -0.270. The molecule has 2 aliphatic heterocycles. The highest BCUT2D eigenvalue weighted by atomic mass is 35.5. The molecule has 75 heavy (non-hydrogen) atoms. The molecule has 0 bridgehead atoms. The van der Waals surface area contributed by atoms with E-state index in [4.69, 9.17) is 37.4 Å². The first-order valence-corrected chi connectivity index (χ1v) is 27.1. The van der Waals surface area contributed by atoms with Crippen LogP contribution < -0.4 is 20.2 Å². The van der Waals surface area contributed by atoms with E-state index in [2.05, 4.69) is 56.2 Å². The monoisotopic (exact) mass is 1070 g/mol. The van der Waals surface area contributed by atoms with Gasteiger partial charge in [0.15, 0.2) is 11.6 Å². The first-order chi connectivity index (χ1) is 36.0. The molecule has 19 heteroatoms. The lowest BCUT2D eigenvalue weighted by molar-refractivity contribution is -0.190. The number of carbonyl (C=O) groups excluding carboxylic acids is 2. The van der Waals surface area contributed by atoms with Gasteiger partial charge < -0.3 is 39.3 Å². The van der Waals surface area contributed by atoms with Gasteiger partial charge in [-0.1, -0.05) is 55.6 Å². The van der Waals surface area contributed by atoms with Gasteiger partial charge in [0, 0.05) is 60.0 Å². The molecule has 3 aromatic carbocycles. The summed E-state index contributed by atoms with van der Waals surface area (Å²) in [7, 11) is 0. The van der Waals surface area contributed by atoms with Gasteiger partial charge in [-0.2, -0.15) is 10.2 Å². The van der Waals surface area contributed by atoms with E-state index in [1.807, 2.05) is 51.1 Å². The maximum absolute atomic E-state index is 12.8. The number of aliphatic hydroxyl groups is 3. The molecule has 3 N–H and O–H groups in total. The molecule has 400 valence electrons. The van der Waals surface area contributed by atoms with Gasteiger partial charge in [-0.05, 0) is 142 Å². The Morgan fingerprint density at radius 3 is 2.25 bits per heavy atom. The molecular formula is C56H68Cl2N8O9. The van der Waals surface area contributed by atoms with Crippen molar-refractivity contribution >= 4 is 46.1 Å². The van der Waals surface area contributed by atoms with Crippen molar-refractivity contribution in [3.05, 3.63) is 123 Å². The molecule has 10 atom stereocenters. The number of nitrogens with zero attached hydrogens (tertiary/aromatic N) is 8. The predicted octanol–water partition coefficient (Wildman–Crippen LogP) is 7.36. The Bertz CT molecular complexity index is 2940. The number of anilines is 2. The zero-order valence-corrected chi connectivity index (χ0v) is 44.6. The van der Waals surface area contributed by atoms with E-state index in [9.17, 15) is 29.7 Å². The molecule has 2 aromatic heterocycles. The fraction of sp³-hybridized carbons (Fsp3) is 0.536. The third-order valence-electron chi connectivity index (χ3n) is 17.8. The molecule has 3 unspecified atom stereocenters. The number of hydrogen-bond acceptors (Lipinski definition) is 14. The number of aliphatic hydroxyl groups excluding tert-OH is 2. The molecule has 0 radical (unpaired) electrons. The van der Waals surface area contributed by atoms with Crippen molar-refractivity contribution in [2.45, 2.75) is 115 Å². The summed E-state index contributed by atoms with van der Waals surface area (Å²) < 4.78 is 23.7. The number of carbonyl (C=O) groups is 2. The molecule has 4 heterocycles. The molecule has 0 spiro atoms. The van der Waals surface area contributed by atoms with Crippen LogP contribution in [0.25, 0.3) is 5.69 Å². The smallest absolute Gasteiger partial charge is 0.350 e. The topological polar surface area (TPSA) is 200 Å². The average molecular weight is 1070 g/mol. The summed E-state index contributed by atoms with van der Waals surface area (Å²) in [6, 6.07) is 21.6. The number of hydrogen-bond donors (Lipinski definition) is 3. The van der Waals surface area contributed by atoms with Gasteiger partial charge in [-0.3, -0.25) is 9.59 Å². The van der Waals surface area contributed by atoms with Crippen LogP contribution in [0.4, 0.5) is 11.4 Å². The van der Waals surface area contributed by atoms with Crippen molar-refractivity contribution in [1.82, 2.24) is 29.1 Å². The van der Waals surface area contributed by atoms with Crippen molar-refractivity contribution < 1.29 is 39.1 Å². The van der Waals surface area contributed by atoms with Crippen molar-refractivity contribution in [1.29, 1.82) is 0 Å². The van der Waals surface area contributed by atoms with Gasteiger partial charge >= 0.3 is 5.69 Å². The number of rotatable bonds is 13. The molecular weight excluding hydrogens is 1000 g/mol. The van der Waals surface area contributed by atoms with Crippen molar-refractivity contribution in [3.63, 3.8) is 0 Å². The number of allylic oxidation sites excluding steroid dienone is 1. The summed E-state index contributed by atoms with van der Waals surface area (Å²) in [4.78, 5) is 45.8. The van der Waals surface area contributed by atoms with E-state index in [1.54, 1.807) is 40.1 Å². The van der Waals surface area contributed by atoms with E-state index >= 15 is 0 Å². The van der Waals surface area contributed by atoms with Crippen LogP contribution in [0.3, 0.4) is 0 Å². The zero-order chi connectivity index (χ0) is 52.9. The van der Waals surface area contributed by atoms with Crippen molar-refractivity contribution in [3.8, 4) is 11.4 Å². The Kier molecular flexibility index (Phi) is 15.0. The number of benzene rings is 3. The number of halogens is 2. The highest BCUT2D eigenvalue weighted by Crippen LogP contribution is 2.67. The van der Waals surface area contributed by atoms with Gasteiger partial charge in [0.1, 0.15) is 56.2 Å². The minimum absolute atomic E-state index is 0.0645. The first kappa shape index (κ1) is 53.0. The Morgan fingerprint density at radius 2 is 1.60 bits per heavy atom. The summed E-state index contributed by atoms with van der Waals surface area (Å²) in [5, 5.41) is 41.2. The Morgan fingerprint density at radius 1 is 0.907 bits per heavy atom. The number of ketones is 2. The minimum atomic E-state index is -1.54. The summed E-state index contributed by atoms with van der Waals surface area (Å²) in [6.45, 7) is 11.9. The highest BCUT2D eigenvalue weighted by molar-refractivity contribution is 6.35. The quantitative estimate of drug-likeness (QED) is 0.106. The van der Waals surface area contributed by atoms with Crippen LogP contribution >= 0.6 is 23.2 Å². The lowest BCUT2D eigenvalue weighted by atomic mass is 9.45. The standard InChI is InChI=1S/C35H38Cl2N8O4.C21H30O5/c1-3-25(2)45-34(46)44(24-40-45)29-7-5-27(6-8-29)41-14-16-42(17-15-41)28-9-11-30(12-10-28)47-19-31-20-48-35(49-31,21-43-23-38-22-39-43)32-13-4-26(36)18-33(32)37;1-19-7-5-13(23)9-12(19)3-4-14-15-6-8-21(26,17(25)11-22)20(15,2)10-16(24)18(14)19/h4-13,18,22-25,31H,3,14-17,19-21H2,1-2H3;9,14-16,18,22,24,26H,3-8,10-11H2,1-2H3/t;14-,15-,16-,18+,19-,20-,21-/m.0/s1. The summed E-state index contributed by atoms with van der Waals surface area (Å²) in [5.41, 5.74) is 2.41. The van der Waals surface area contributed by atoms with Gasteiger partial charge in [-0.25, -0.2) is 23.7 Å². The van der Waals surface area contributed by atoms with Crippen LogP contribution in [0.2, 0.25) is 10.0 Å². The minimum Gasteiger partial charge on any atom is -0.491 e. The van der Waals surface area contributed by atoms with E-state index < -0.39 is 35.3 Å². The second kappa shape index (κ2) is 21.2. The van der Waals surface area contributed by atoms with E-state index in [0.717, 1.165) is 81.1 Å². The Balaban J connectivity index is 0.000000207. The first-order valence-electron chi connectivity index (χ1n) is 26.4. The fourth-order valence-electron chi connectivity index (χ4n) is 13.5. The van der Waals surface area contributed by atoms with Gasteiger partial charge in [-0.15, -0.1) is 0 Å². The summed E-state index contributed by atoms with van der Waals surface area (Å²) in [6.07, 6.45) is 10.9. The number of fused-ring (bicyclic) bond motifs is 5. The molecule has 0 amide bonds. The average Bonchev–Trinajstić information content (AvgIpc) is 4.27. The van der Waals surface area contributed by atoms with Crippen molar-refractivity contribution in [2.75, 3.05) is 55.8 Å².